The van der Waals surface area contributed by atoms with Crippen molar-refractivity contribution in [3.05, 3.63) is 34.9 Å². The maximum absolute atomic E-state index is 12.0. The summed E-state index contributed by atoms with van der Waals surface area (Å²) >= 11 is 6.01. The molecule has 1 heterocycles. The minimum absolute atomic E-state index is 0.216. The van der Waals surface area contributed by atoms with E-state index in [1.165, 1.54) is 5.56 Å². The molecule has 4 nitrogen and oxygen atoms in total. The maximum atomic E-state index is 12.0. The van der Waals surface area contributed by atoms with Gasteiger partial charge < -0.3 is 10.2 Å². The van der Waals surface area contributed by atoms with E-state index in [2.05, 4.69) is 34.3 Å². The summed E-state index contributed by atoms with van der Waals surface area (Å²) in [6.07, 6.45) is 2.10. The third kappa shape index (κ3) is 4.00. The van der Waals surface area contributed by atoms with E-state index in [1.807, 2.05) is 12.1 Å². The number of rotatable bonds is 5. The van der Waals surface area contributed by atoms with Crippen LogP contribution in [0.15, 0.2) is 24.3 Å². The van der Waals surface area contributed by atoms with Crippen LogP contribution in [-0.4, -0.2) is 55.5 Å². The topological polar surface area (TPSA) is 35.6 Å². The quantitative estimate of drug-likeness (QED) is 0.902. The zero-order valence-corrected chi connectivity index (χ0v) is 13.9. The summed E-state index contributed by atoms with van der Waals surface area (Å²) in [7, 11) is 2.16. The molecule has 5 heteroatoms. The molecule has 120 valence electrons. The normalized spacial score (nSPS) is 21.5. The minimum atomic E-state index is 0.216. The Morgan fingerprint density at radius 3 is 2.45 bits per heavy atom. The molecule has 0 bridgehead atoms. The van der Waals surface area contributed by atoms with E-state index in [1.54, 1.807) is 0 Å². The van der Waals surface area contributed by atoms with Crippen LogP contribution in [0.5, 0.6) is 0 Å². The second kappa shape index (κ2) is 6.99. The predicted molar refractivity (Wildman–Crippen MR) is 89.0 cm³/mol. The van der Waals surface area contributed by atoms with Gasteiger partial charge in [-0.2, -0.15) is 0 Å². The van der Waals surface area contributed by atoms with Crippen molar-refractivity contribution in [1.29, 1.82) is 0 Å². The molecule has 0 radical (unpaired) electrons. The van der Waals surface area contributed by atoms with Crippen molar-refractivity contribution in [3.63, 3.8) is 0 Å². The minimum Gasteiger partial charge on any atom is -0.354 e. The van der Waals surface area contributed by atoms with Crippen LogP contribution < -0.4 is 5.32 Å². The Kier molecular flexibility index (Phi) is 5.01. The molecular weight excluding hydrogens is 298 g/mol. The molecule has 1 amide bonds. The molecule has 1 atom stereocenters. The van der Waals surface area contributed by atoms with E-state index in [-0.39, 0.29) is 17.9 Å². The summed E-state index contributed by atoms with van der Waals surface area (Å²) in [6, 6.07) is 8.25. The first-order valence-electron chi connectivity index (χ1n) is 8.09. The van der Waals surface area contributed by atoms with Crippen molar-refractivity contribution in [2.45, 2.75) is 18.9 Å². The van der Waals surface area contributed by atoms with Crippen molar-refractivity contribution in [1.82, 2.24) is 15.1 Å². The highest BCUT2D eigenvalue weighted by atomic mass is 35.5. The van der Waals surface area contributed by atoms with Crippen LogP contribution in [0.2, 0.25) is 5.02 Å². The fourth-order valence-corrected chi connectivity index (χ4v) is 3.09. The Morgan fingerprint density at radius 1 is 1.23 bits per heavy atom. The Labute approximate surface area is 137 Å². The lowest BCUT2D eigenvalue weighted by Gasteiger charge is -2.38. The lowest BCUT2D eigenvalue weighted by Crippen LogP contribution is -2.48. The van der Waals surface area contributed by atoms with Gasteiger partial charge in [0.1, 0.15) is 0 Å². The van der Waals surface area contributed by atoms with Gasteiger partial charge in [0.15, 0.2) is 0 Å². The lowest BCUT2D eigenvalue weighted by molar-refractivity contribution is -0.122. The van der Waals surface area contributed by atoms with Gasteiger partial charge in [-0.1, -0.05) is 23.7 Å². The second-order valence-corrected chi connectivity index (χ2v) is 6.86. The highest BCUT2D eigenvalue weighted by molar-refractivity contribution is 6.30. The first-order valence-corrected chi connectivity index (χ1v) is 8.47. The van der Waals surface area contributed by atoms with E-state index < -0.39 is 0 Å². The van der Waals surface area contributed by atoms with Gasteiger partial charge in [0, 0.05) is 43.7 Å². The van der Waals surface area contributed by atoms with E-state index in [9.17, 15) is 4.79 Å². The largest absolute Gasteiger partial charge is 0.354 e. The number of carbonyl (C=O) groups excluding carboxylic acids is 1. The first-order chi connectivity index (χ1) is 10.6. The number of hydrogen-bond acceptors (Lipinski definition) is 3. The highest BCUT2D eigenvalue weighted by Crippen LogP contribution is 2.29. The molecule has 1 aromatic rings. The molecule has 1 saturated heterocycles. The third-order valence-electron chi connectivity index (χ3n) is 4.65. The molecule has 0 spiro atoms. The average molecular weight is 322 g/mol. The molecule has 1 saturated carbocycles. The van der Waals surface area contributed by atoms with Crippen molar-refractivity contribution in [2.24, 2.45) is 5.92 Å². The molecule has 1 N–H and O–H groups in total. The number of piperazine rings is 1. The summed E-state index contributed by atoms with van der Waals surface area (Å²) in [5, 5.41) is 3.89. The van der Waals surface area contributed by atoms with Gasteiger partial charge in [-0.25, -0.2) is 0 Å². The Hall–Kier alpha value is -1.10. The number of halogens is 1. The molecular formula is C17H24ClN3O. The molecule has 3 rings (SSSR count). The second-order valence-electron chi connectivity index (χ2n) is 6.43. The van der Waals surface area contributed by atoms with Gasteiger partial charge in [-0.05, 0) is 37.6 Å². The molecule has 1 aliphatic heterocycles. The van der Waals surface area contributed by atoms with Crippen molar-refractivity contribution < 1.29 is 4.79 Å². The van der Waals surface area contributed by atoms with Gasteiger partial charge in [-0.3, -0.25) is 9.69 Å². The highest BCUT2D eigenvalue weighted by Gasteiger charge is 2.31. The van der Waals surface area contributed by atoms with Crippen molar-refractivity contribution in [2.75, 3.05) is 39.8 Å². The summed E-state index contributed by atoms with van der Waals surface area (Å²) in [6.45, 7) is 4.88. The van der Waals surface area contributed by atoms with Crippen molar-refractivity contribution in [3.8, 4) is 0 Å². The molecule has 2 fully saturated rings. The zero-order chi connectivity index (χ0) is 15.5. The van der Waals surface area contributed by atoms with E-state index in [4.69, 9.17) is 11.6 Å². The molecule has 22 heavy (non-hydrogen) atoms. The Morgan fingerprint density at radius 2 is 1.86 bits per heavy atom. The number of likely N-dealkylation sites (N-methyl/N-ethyl adjacent to an activating group) is 1. The number of amides is 1. The SMILES string of the molecule is CN1CCN(C(CNC(=O)C2CC2)c2ccc(Cl)cc2)CC1. The summed E-state index contributed by atoms with van der Waals surface area (Å²) < 4.78 is 0. The summed E-state index contributed by atoms with van der Waals surface area (Å²) in [4.78, 5) is 16.8. The van der Waals surface area contributed by atoms with Gasteiger partial charge >= 0.3 is 0 Å². The third-order valence-corrected chi connectivity index (χ3v) is 4.90. The number of hydrogen-bond donors (Lipinski definition) is 1. The fourth-order valence-electron chi connectivity index (χ4n) is 2.96. The summed E-state index contributed by atoms with van der Waals surface area (Å²) in [5.74, 6) is 0.478. The standard InChI is InChI=1S/C17H24ClN3O/c1-20-8-10-21(11-9-20)16(12-19-17(22)14-2-3-14)13-4-6-15(18)7-5-13/h4-7,14,16H,2-3,8-12H2,1H3,(H,19,22). The van der Waals surface area contributed by atoms with Gasteiger partial charge in [0.2, 0.25) is 5.91 Å². The van der Waals surface area contributed by atoms with E-state index in [0.717, 1.165) is 44.0 Å². The Bertz CT molecular complexity index is 507. The van der Waals surface area contributed by atoms with E-state index >= 15 is 0 Å². The summed E-state index contributed by atoms with van der Waals surface area (Å²) in [5.41, 5.74) is 1.23. The zero-order valence-electron chi connectivity index (χ0n) is 13.1. The predicted octanol–water partition coefficient (Wildman–Crippen LogP) is 2.15. The molecule has 1 unspecified atom stereocenters. The van der Waals surface area contributed by atoms with Gasteiger partial charge in [0.05, 0.1) is 6.04 Å². The van der Waals surface area contributed by atoms with Crippen LogP contribution in [0.1, 0.15) is 24.4 Å². The van der Waals surface area contributed by atoms with Crippen LogP contribution >= 0.6 is 11.6 Å². The first kappa shape index (κ1) is 15.8. The van der Waals surface area contributed by atoms with Crippen LogP contribution in [0, 0.1) is 5.92 Å². The average Bonchev–Trinajstić information content (AvgIpc) is 3.35. The van der Waals surface area contributed by atoms with Crippen LogP contribution in [0.25, 0.3) is 0 Å². The van der Waals surface area contributed by atoms with Gasteiger partial charge in [-0.15, -0.1) is 0 Å². The number of carbonyl (C=O) groups is 1. The fraction of sp³-hybridized carbons (Fsp3) is 0.588. The van der Waals surface area contributed by atoms with Crippen molar-refractivity contribution >= 4 is 17.5 Å². The molecule has 2 aliphatic rings. The molecule has 1 aromatic carbocycles. The van der Waals surface area contributed by atoms with E-state index in [0.29, 0.717) is 6.54 Å². The van der Waals surface area contributed by atoms with Crippen LogP contribution in [0.3, 0.4) is 0 Å². The molecule has 0 aromatic heterocycles. The van der Waals surface area contributed by atoms with Crippen LogP contribution in [0.4, 0.5) is 0 Å². The smallest absolute Gasteiger partial charge is 0.223 e. The molecule has 1 aliphatic carbocycles. The maximum Gasteiger partial charge on any atom is 0.223 e. The lowest BCUT2D eigenvalue weighted by atomic mass is 10.0. The van der Waals surface area contributed by atoms with Crippen LogP contribution in [-0.2, 0) is 4.79 Å². The number of nitrogens with zero attached hydrogens (tertiary/aromatic N) is 2. The number of nitrogens with one attached hydrogen (secondary N) is 1. The van der Waals surface area contributed by atoms with Gasteiger partial charge in [0.25, 0.3) is 0 Å². The monoisotopic (exact) mass is 321 g/mol. The Balaban J connectivity index is 1.69. The number of benzene rings is 1.